The molecule has 0 aliphatic carbocycles. The van der Waals surface area contributed by atoms with E-state index in [1.807, 2.05) is 25.1 Å². The van der Waals surface area contributed by atoms with Crippen LogP contribution in [0, 0.1) is 18.3 Å². The Morgan fingerprint density at radius 1 is 1.45 bits per heavy atom. The maximum absolute atomic E-state index is 12.1. The van der Waals surface area contributed by atoms with Gasteiger partial charge < -0.3 is 10.2 Å². The zero-order valence-electron chi connectivity index (χ0n) is 11.5. The number of carbonyl (C=O) groups is 1. The van der Waals surface area contributed by atoms with Crippen molar-refractivity contribution in [2.45, 2.75) is 6.92 Å². The molecule has 20 heavy (non-hydrogen) atoms. The number of benzene rings is 1. The molecule has 0 aliphatic heterocycles. The number of hydrogen-bond donors (Lipinski definition) is 1. The van der Waals surface area contributed by atoms with Crippen LogP contribution in [0.25, 0.3) is 0 Å². The Bertz CT molecular complexity index is 685. The number of anilines is 2. The third kappa shape index (κ3) is 2.78. The molecular formula is C14H14N4OS. The number of nitrogens with one attached hydrogen (secondary N) is 1. The van der Waals surface area contributed by atoms with Crippen molar-refractivity contribution in [2.24, 2.45) is 0 Å². The highest BCUT2D eigenvalue weighted by Gasteiger charge is 2.14. The number of hydrogen-bond acceptors (Lipinski definition) is 5. The van der Waals surface area contributed by atoms with Crippen LogP contribution >= 0.6 is 11.3 Å². The summed E-state index contributed by atoms with van der Waals surface area (Å²) in [6, 6.07) is 7.55. The van der Waals surface area contributed by atoms with Crippen molar-refractivity contribution in [1.82, 2.24) is 9.88 Å². The number of carbonyl (C=O) groups excluding carboxylic acids is 1. The van der Waals surface area contributed by atoms with Gasteiger partial charge in [0, 0.05) is 25.3 Å². The molecule has 0 unspecified atom stereocenters. The summed E-state index contributed by atoms with van der Waals surface area (Å²) in [6.45, 7) is 1.89. The lowest BCUT2D eigenvalue weighted by molar-refractivity contribution is 0.0827. The Morgan fingerprint density at radius 2 is 2.20 bits per heavy atom. The van der Waals surface area contributed by atoms with E-state index in [-0.39, 0.29) is 5.91 Å². The smallest absolute Gasteiger partial charge is 0.253 e. The second-order valence-corrected chi connectivity index (χ2v) is 5.47. The molecule has 1 aromatic carbocycles. The van der Waals surface area contributed by atoms with E-state index in [0.717, 1.165) is 11.3 Å². The topological polar surface area (TPSA) is 69.0 Å². The predicted molar refractivity (Wildman–Crippen MR) is 79.3 cm³/mol. The largest absolute Gasteiger partial charge is 0.345 e. The van der Waals surface area contributed by atoms with E-state index < -0.39 is 0 Å². The van der Waals surface area contributed by atoms with Gasteiger partial charge in [0.2, 0.25) is 0 Å². The van der Waals surface area contributed by atoms with Gasteiger partial charge in [-0.2, -0.15) is 5.26 Å². The van der Waals surface area contributed by atoms with Gasteiger partial charge >= 0.3 is 0 Å². The van der Waals surface area contributed by atoms with Gasteiger partial charge in [0.05, 0.1) is 6.20 Å². The highest BCUT2D eigenvalue weighted by Crippen LogP contribution is 2.26. The highest BCUT2D eigenvalue weighted by atomic mass is 32.1. The van der Waals surface area contributed by atoms with Crippen molar-refractivity contribution >= 4 is 28.1 Å². The summed E-state index contributed by atoms with van der Waals surface area (Å²) in [5, 5.41) is 12.6. The molecule has 0 saturated carbocycles. The summed E-state index contributed by atoms with van der Waals surface area (Å²) in [5.41, 5.74) is 2.33. The minimum Gasteiger partial charge on any atom is -0.345 e. The van der Waals surface area contributed by atoms with Gasteiger partial charge in [-0.3, -0.25) is 4.79 Å². The molecule has 102 valence electrons. The predicted octanol–water partition coefficient (Wildman–Crippen LogP) is 2.77. The molecule has 0 saturated heterocycles. The first kappa shape index (κ1) is 14.0. The number of amides is 1. The van der Waals surface area contributed by atoms with Crippen LogP contribution in [0.3, 0.4) is 0 Å². The molecule has 0 spiro atoms. The van der Waals surface area contributed by atoms with Gasteiger partial charge in [0.1, 0.15) is 10.9 Å². The number of rotatable bonds is 3. The first-order valence-electron chi connectivity index (χ1n) is 5.97. The lowest BCUT2D eigenvalue weighted by Gasteiger charge is -2.15. The van der Waals surface area contributed by atoms with Gasteiger partial charge in [0.25, 0.3) is 5.91 Å². The summed E-state index contributed by atoms with van der Waals surface area (Å²) in [5.74, 6) is -0.0389. The minimum absolute atomic E-state index is 0.0389. The van der Waals surface area contributed by atoms with Crippen molar-refractivity contribution < 1.29 is 4.79 Å². The Balaban J connectivity index is 2.31. The number of nitrogens with zero attached hydrogens (tertiary/aromatic N) is 3. The normalized spacial score (nSPS) is 9.90. The second-order valence-electron chi connectivity index (χ2n) is 4.44. The first-order chi connectivity index (χ1) is 9.52. The third-order valence-corrected chi connectivity index (χ3v) is 3.65. The van der Waals surface area contributed by atoms with Crippen molar-refractivity contribution in [3.8, 4) is 6.07 Å². The standard InChI is InChI=1S/C14H14N4OS/c1-9-11(13(19)18(2)3)5-4-6-12(9)17-14-16-8-10(7-15)20-14/h4-6,8H,1-3H3,(H,16,17). The van der Waals surface area contributed by atoms with Crippen LogP contribution in [0.2, 0.25) is 0 Å². The van der Waals surface area contributed by atoms with E-state index in [2.05, 4.69) is 10.3 Å². The highest BCUT2D eigenvalue weighted by molar-refractivity contribution is 7.16. The number of aromatic nitrogens is 1. The van der Waals surface area contributed by atoms with E-state index in [4.69, 9.17) is 5.26 Å². The van der Waals surface area contributed by atoms with E-state index >= 15 is 0 Å². The van der Waals surface area contributed by atoms with Crippen LogP contribution in [-0.4, -0.2) is 29.9 Å². The SMILES string of the molecule is Cc1c(Nc2ncc(C#N)s2)cccc1C(=O)N(C)C. The van der Waals surface area contributed by atoms with Gasteiger partial charge in [-0.05, 0) is 24.6 Å². The number of thiazole rings is 1. The van der Waals surface area contributed by atoms with E-state index in [0.29, 0.717) is 15.6 Å². The molecule has 1 heterocycles. The van der Waals surface area contributed by atoms with Crippen LogP contribution in [0.5, 0.6) is 0 Å². The third-order valence-electron chi connectivity index (χ3n) is 2.83. The molecule has 0 fully saturated rings. The molecule has 0 bridgehead atoms. The zero-order chi connectivity index (χ0) is 14.7. The van der Waals surface area contributed by atoms with E-state index in [1.54, 1.807) is 25.1 Å². The van der Waals surface area contributed by atoms with Crippen molar-refractivity contribution in [2.75, 3.05) is 19.4 Å². The molecule has 1 amide bonds. The Morgan fingerprint density at radius 3 is 2.80 bits per heavy atom. The molecule has 2 rings (SSSR count). The average molecular weight is 286 g/mol. The van der Waals surface area contributed by atoms with Crippen LogP contribution < -0.4 is 5.32 Å². The Labute approximate surface area is 121 Å². The molecule has 0 radical (unpaired) electrons. The van der Waals surface area contributed by atoms with Crippen LogP contribution in [0.15, 0.2) is 24.4 Å². The summed E-state index contributed by atoms with van der Waals surface area (Å²) in [4.78, 5) is 18.3. The fourth-order valence-electron chi connectivity index (χ4n) is 1.74. The molecule has 1 aromatic heterocycles. The first-order valence-corrected chi connectivity index (χ1v) is 6.79. The lowest BCUT2D eigenvalue weighted by atomic mass is 10.1. The van der Waals surface area contributed by atoms with Gasteiger partial charge in [-0.15, -0.1) is 0 Å². The van der Waals surface area contributed by atoms with Gasteiger partial charge in [-0.1, -0.05) is 17.4 Å². The fourth-order valence-corrected chi connectivity index (χ4v) is 2.37. The van der Waals surface area contributed by atoms with Crippen molar-refractivity contribution in [1.29, 1.82) is 5.26 Å². The monoisotopic (exact) mass is 286 g/mol. The zero-order valence-corrected chi connectivity index (χ0v) is 12.3. The molecule has 1 N–H and O–H groups in total. The fraction of sp³-hybridized carbons (Fsp3) is 0.214. The van der Waals surface area contributed by atoms with Crippen molar-refractivity contribution in [3.05, 3.63) is 40.4 Å². The van der Waals surface area contributed by atoms with Crippen LogP contribution in [-0.2, 0) is 0 Å². The van der Waals surface area contributed by atoms with Crippen molar-refractivity contribution in [3.63, 3.8) is 0 Å². The van der Waals surface area contributed by atoms with Crippen LogP contribution in [0.4, 0.5) is 10.8 Å². The van der Waals surface area contributed by atoms with Gasteiger partial charge in [-0.25, -0.2) is 4.98 Å². The average Bonchev–Trinajstić information content (AvgIpc) is 2.88. The molecule has 0 atom stereocenters. The summed E-state index contributed by atoms with van der Waals surface area (Å²) < 4.78 is 0. The second kappa shape index (κ2) is 5.72. The van der Waals surface area contributed by atoms with E-state index in [9.17, 15) is 4.79 Å². The quantitative estimate of drug-likeness (QED) is 0.942. The van der Waals surface area contributed by atoms with Crippen LogP contribution in [0.1, 0.15) is 20.8 Å². The summed E-state index contributed by atoms with van der Waals surface area (Å²) in [7, 11) is 3.45. The summed E-state index contributed by atoms with van der Waals surface area (Å²) >= 11 is 1.28. The lowest BCUT2D eigenvalue weighted by Crippen LogP contribution is -2.22. The Hall–Kier alpha value is -2.39. The molecule has 2 aromatic rings. The van der Waals surface area contributed by atoms with Gasteiger partial charge in [0.15, 0.2) is 5.13 Å². The molecule has 6 heteroatoms. The maximum Gasteiger partial charge on any atom is 0.253 e. The molecule has 5 nitrogen and oxygen atoms in total. The van der Waals surface area contributed by atoms with E-state index in [1.165, 1.54) is 17.5 Å². The molecule has 0 aliphatic rings. The minimum atomic E-state index is -0.0389. The number of nitriles is 1. The molecular weight excluding hydrogens is 272 g/mol. The maximum atomic E-state index is 12.1. The summed E-state index contributed by atoms with van der Waals surface area (Å²) in [6.07, 6.45) is 1.52. The Kier molecular flexibility index (Phi) is 4.01.